The molecule has 0 saturated carbocycles. The highest BCUT2D eigenvalue weighted by Crippen LogP contribution is 2.09. The number of hydrogen-bond acceptors (Lipinski definition) is 3. The molecule has 0 aliphatic rings. The third kappa shape index (κ3) is 6.70. The molecule has 0 unspecified atom stereocenters. The van der Waals surface area contributed by atoms with Gasteiger partial charge in [-0.15, -0.1) is 0 Å². The van der Waals surface area contributed by atoms with Gasteiger partial charge in [0.1, 0.15) is 0 Å². The van der Waals surface area contributed by atoms with Gasteiger partial charge in [0.25, 0.3) is 0 Å². The second-order valence-electron chi connectivity index (χ2n) is 5.30. The zero-order valence-electron chi connectivity index (χ0n) is 12.8. The molecule has 0 saturated heterocycles. The van der Waals surface area contributed by atoms with Crippen molar-refractivity contribution in [3.63, 3.8) is 0 Å². The number of carbonyl (C=O) groups is 1. The van der Waals surface area contributed by atoms with E-state index in [0.29, 0.717) is 6.54 Å². The van der Waals surface area contributed by atoms with E-state index in [1.807, 2.05) is 21.0 Å². The van der Waals surface area contributed by atoms with Gasteiger partial charge in [0.05, 0.1) is 32.1 Å². The van der Waals surface area contributed by atoms with Gasteiger partial charge >= 0.3 is 0 Å². The molecule has 0 bridgehead atoms. The largest absolute Gasteiger partial charge is 0.355 e. The molecule has 0 heterocycles. The summed E-state index contributed by atoms with van der Waals surface area (Å²) >= 11 is 0. The van der Waals surface area contributed by atoms with E-state index in [2.05, 4.69) is 10.0 Å². The number of carbonyl (C=O) groups excluding carboxylic acids is 1. The Labute approximate surface area is 126 Å². The minimum Gasteiger partial charge on any atom is -0.355 e. The Morgan fingerprint density at radius 3 is 2.38 bits per heavy atom. The molecule has 3 N–H and O–H groups in total. The van der Waals surface area contributed by atoms with Crippen LogP contribution in [0.4, 0.5) is 0 Å². The zero-order chi connectivity index (χ0) is 15.9. The maximum Gasteiger partial charge on any atom is 0.241 e. The van der Waals surface area contributed by atoms with E-state index in [-0.39, 0.29) is 17.3 Å². The lowest BCUT2D eigenvalue weighted by molar-refractivity contribution is -0.858. The Morgan fingerprint density at radius 2 is 1.81 bits per heavy atom. The Morgan fingerprint density at radius 1 is 1.19 bits per heavy atom. The minimum atomic E-state index is -3.63. The van der Waals surface area contributed by atoms with Gasteiger partial charge in [-0.1, -0.05) is 17.7 Å². The first-order valence-corrected chi connectivity index (χ1v) is 8.41. The van der Waals surface area contributed by atoms with Crippen molar-refractivity contribution in [1.29, 1.82) is 0 Å². The van der Waals surface area contributed by atoms with Crippen molar-refractivity contribution < 1.29 is 18.1 Å². The van der Waals surface area contributed by atoms with Crippen LogP contribution >= 0.6 is 0 Å². The molecule has 0 aliphatic carbocycles. The topological polar surface area (TPSA) is 79.7 Å². The standard InChI is InChI=1S/C14H23N3O3S/c1-12-5-7-13(8-6-12)21(19,20)16-11-14(18)15-9-4-10-17(2)3/h5-8,16H,4,9-11H2,1-3H3,(H,15,18)/p+1. The summed E-state index contributed by atoms with van der Waals surface area (Å²) in [7, 11) is 0.447. The Bertz CT molecular complexity index is 553. The number of aryl methyl sites for hydroxylation is 1. The molecule has 0 fully saturated rings. The van der Waals surface area contributed by atoms with Crippen molar-refractivity contribution in [3.8, 4) is 0 Å². The van der Waals surface area contributed by atoms with Crippen LogP contribution in [-0.2, 0) is 14.8 Å². The average molecular weight is 314 g/mol. The highest BCUT2D eigenvalue weighted by molar-refractivity contribution is 7.89. The van der Waals surface area contributed by atoms with Crippen LogP contribution in [0.25, 0.3) is 0 Å². The molecule has 0 radical (unpaired) electrons. The van der Waals surface area contributed by atoms with Crippen molar-refractivity contribution in [2.24, 2.45) is 0 Å². The number of rotatable bonds is 8. The first-order chi connectivity index (χ1) is 9.81. The molecule has 0 aromatic heterocycles. The van der Waals surface area contributed by atoms with Crippen LogP contribution < -0.4 is 14.9 Å². The highest BCUT2D eigenvalue weighted by atomic mass is 32.2. The maximum absolute atomic E-state index is 12.0. The van der Waals surface area contributed by atoms with Gasteiger partial charge < -0.3 is 10.2 Å². The van der Waals surface area contributed by atoms with Crippen LogP contribution in [0.15, 0.2) is 29.2 Å². The molecule has 0 aliphatic heterocycles. The van der Waals surface area contributed by atoms with Crippen molar-refractivity contribution in [2.75, 3.05) is 33.7 Å². The zero-order valence-corrected chi connectivity index (χ0v) is 13.6. The molecule has 118 valence electrons. The second-order valence-corrected chi connectivity index (χ2v) is 7.07. The van der Waals surface area contributed by atoms with Gasteiger partial charge in [-0.3, -0.25) is 4.79 Å². The fourth-order valence-electron chi connectivity index (χ4n) is 1.69. The van der Waals surface area contributed by atoms with Gasteiger partial charge in [-0.25, -0.2) is 13.1 Å². The molecule has 1 aromatic carbocycles. The second kappa shape index (κ2) is 8.11. The number of hydrogen-bond donors (Lipinski definition) is 3. The minimum absolute atomic E-state index is 0.164. The summed E-state index contributed by atoms with van der Waals surface area (Å²) in [5, 5.41) is 2.69. The normalized spacial score (nSPS) is 11.6. The van der Waals surface area contributed by atoms with Crippen molar-refractivity contribution in [2.45, 2.75) is 18.2 Å². The first-order valence-electron chi connectivity index (χ1n) is 6.93. The summed E-state index contributed by atoms with van der Waals surface area (Å²) in [6.07, 6.45) is 0.860. The van der Waals surface area contributed by atoms with Crippen molar-refractivity contribution in [1.82, 2.24) is 10.0 Å². The Balaban J connectivity index is 2.39. The molecule has 1 aromatic rings. The third-order valence-electron chi connectivity index (χ3n) is 2.93. The van der Waals surface area contributed by atoms with Crippen LogP contribution in [0, 0.1) is 6.92 Å². The lowest BCUT2D eigenvalue weighted by Crippen LogP contribution is -3.05. The van der Waals surface area contributed by atoms with Gasteiger partial charge in [-0.2, -0.15) is 0 Å². The predicted molar refractivity (Wildman–Crippen MR) is 81.7 cm³/mol. The number of nitrogens with one attached hydrogen (secondary N) is 3. The Hall–Kier alpha value is -1.44. The lowest BCUT2D eigenvalue weighted by atomic mass is 10.2. The van der Waals surface area contributed by atoms with E-state index < -0.39 is 10.0 Å². The van der Waals surface area contributed by atoms with Crippen LogP contribution in [0.2, 0.25) is 0 Å². The van der Waals surface area contributed by atoms with Crippen LogP contribution in [0.1, 0.15) is 12.0 Å². The van der Waals surface area contributed by atoms with Crippen LogP contribution in [0.5, 0.6) is 0 Å². The number of sulfonamides is 1. The maximum atomic E-state index is 12.0. The molecule has 0 atom stereocenters. The van der Waals surface area contributed by atoms with E-state index in [1.165, 1.54) is 17.0 Å². The molecular formula is C14H24N3O3S+. The molecule has 7 heteroatoms. The van der Waals surface area contributed by atoms with Gasteiger partial charge in [-0.05, 0) is 19.1 Å². The number of benzene rings is 1. The van der Waals surface area contributed by atoms with E-state index in [9.17, 15) is 13.2 Å². The number of amides is 1. The Kier molecular flexibility index (Phi) is 6.80. The average Bonchev–Trinajstić information content (AvgIpc) is 2.42. The highest BCUT2D eigenvalue weighted by Gasteiger charge is 2.14. The quantitative estimate of drug-likeness (QED) is 0.534. The summed E-state index contributed by atoms with van der Waals surface area (Å²) in [4.78, 5) is 13.0. The molecule has 1 amide bonds. The lowest BCUT2D eigenvalue weighted by Gasteiger charge is -2.09. The van der Waals surface area contributed by atoms with Crippen LogP contribution in [0.3, 0.4) is 0 Å². The van der Waals surface area contributed by atoms with E-state index in [0.717, 1.165) is 18.5 Å². The number of quaternary nitrogens is 1. The fraction of sp³-hybridized carbons (Fsp3) is 0.500. The first kappa shape index (κ1) is 17.6. The molecule has 6 nitrogen and oxygen atoms in total. The summed E-state index contributed by atoms with van der Waals surface area (Å²) in [6.45, 7) is 3.14. The smallest absolute Gasteiger partial charge is 0.241 e. The summed E-state index contributed by atoms with van der Waals surface area (Å²) in [5.74, 6) is -0.320. The van der Waals surface area contributed by atoms with E-state index in [4.69, 9.17) is 0 Å². The molecule has 0 spiro atoms. The summed E-state index contributed by atoms with van der Waals surface area (Å²) in [6, 6.07) is 6.49. The van der Waals surface area contributed by atoms with Gasteiger partial charge in [0.15, 0.2) is 0 Å². The molecule has 1 rings (SSSR count). The molecule has 21 heavy (non-hydrogen) atoms. The van der Waals surface area contributed by atoms with E-state index >= 15 is 0 Å². The van der Waals surface area contributed by atoms with Gasteiger partial charge in [0, 0.05) is 13.0 Å². The third-order valence-corrected chi connectivity index (χ3v) is 4.35. The van der Waals surface area contributed by atoms with Crippen LogP contribution in [-0.4, -0.2) is 48.1 Å². The van der Waals surface area contributed by atoms with Crippen molar-refractivity contribution >= 4 is 15.9 Å². The predicted octanol–water partition coefficient (Wildman–Crippen LogP) is -1.08. The monoisotopic (exact) mass is 314 g/mol. The van der Waals surface area contributed by atoms with E-state index in [1.54, 1.807) is 12.1 Å². The summed E-state index contributed by atoms with van der Waals surface area (Å²) in [5.41, 5.74) is 0.981. The SMILES string of the molecule is Cc1ccc(S(=O)(=O)NCC(=O)NCCC[NH+](C)C)cc1. The van der Waals surface area contributed by atoms with Gasteiger partial charge in [0.2, 0.25) is 15.9 Å². The van der Waals surface area contributed by atoms with Crippen molar-refractivity contribution in [3.05, 3.63) is 29.8 Å². The molecular weight excluding hydrogens is 290 g/mol. The fourth-order valence-corrected chi connectivity index (χ4v) is 2.68. The summed E-state index contributed by atoms with van der Waals surface area (Å²) < 4.78 is 26.2.